The highest BCUT2D eigenvalue weighted by atomic mass is 35.5. The topological polar surface area (TPSA) is 59.6 Å². The van der Waals surface area contributed by atoms with Crippen molar-refractivity contribution in [2.75, 3.05) is 5.32 Å². The van der Waals surface area contributed by atoms with Crippen LogP contribution in [0.15, 0.2) is 42.5 Å². The molecule has 5 nitrogen and oxygen atoms in total. The van der Waals surface area contributed by atoms with Crippen LogP contribution in [-0.2, 0) is 6.18 Å². The summed E-state index contributed by atoms with van der Waals surface area (Å²) in [6.45, 7) is 0. The minimum atomic E-state index is -5.28. The summed E-state index contributed by atoms with van der Waals surface area (Å²) in [6, 6.07) is 5.50. The number of alkyl halides is 6. The molecule has 28 heavy (non-hydrogen) atoms. The van der Waals surface area contributed by atoms with E-state index in [2.05, 4.69) is 0 Å². The molecule has 0 spiro atoms. The summed E-state index contributed by atoms with van der Waals surface area (Å²) in [5.41, 5.74) is -1.99. The summed E-state index contributed by atoms with van der Waals surface area (Å²) in [5.74, 6) is -4.41. The maximum atomic E-state index is 13.5. The van der Waals surface area contributed by atoms with Crippen molar-refractivity contribution in [1.82, 2.24) is 5.32 Å². The molecule has 1 aliphatic rings. The number of hydrogen-bond acceptors (Lipinski definition) is 3. The third-order valence-corrected chi connectivity index (χ3v) is 3.78. The molecule has 0 saturated carbocycles. The molecular weight excluding hydrogens is 418 g/mol. The molecule has 0 aromatic heterocycles. The van der Waals surface area contributed by atoms with Crippen molar-refractivity contribution in [3.8, 4) is 11.5 Å². The number of carbonyl (C=O) groups excluding carboxylic acids is 1. The summed E-state index contributed by atoms with van der Waals surface area (Å²) in [7, 11) is 0. The Bertz CT molecular complexity index is 918. The Morgan fingerprint density at radius 2 is 1.61 bits per heavy atom. The molecule has 0 bridgehead atoms. The van der Waals surface area contributed by atoms with Gasteiger partial charge in [0.15, 0.2) is 11.5 Å². The lowest BCUT2D eigenvalue weighted by Crippen LogP contribution is -2.65. The Hall–Kier alpha value is -2.82. The summed E-state index contributed by atoms with van der Waals surface area (Å²) in [6.07, 6.45) is -10.1. The number of benzene rings is 2. The predicted octanol–water partition coefficient (Wildman–Crippen LogP) is 5.17. The van der Waals surface area contributed by atoms with E-state index in [1.54, 1.807) is 5.32 Å². The van der Waals surface area contributed by atoms with Crippen molar-refractivity contribution in [2.45, 2.75) is 18.3 Å². The van der Waals surface area contributed by atoms with Gasteiger partial charge in [0.2, 0.25) is 0 Å². The zero-order valence-corrected chi connectivity index (χ0v) is 14.2. The fourth-order valence-electron chi connectivity index (χ4n) is 2.36. The quantitative estimate of drug-likeness (QED) is 0.652. The van der Waals surface area contributed by atoms with Gasteiger partial charge >= 0.3 is 24.3 Å². The van der Waals surface area contributed by atoms with Crippen LogP contribution in [0.5, 0.6) is 11.5 Å². The van der Waals surface area contributed by atoms with Gasteiger partial charge in [0.1, 0.15) is 0 Å². The van der Waals surface area contributed by atoms with Gasteiger partial charge in [-0.05, 0) is 24.3 Å². The molecule has 0 aliphatic carbocycles. The molecule has 150 valence electrons. The highest BCUT2D eigenvalue weighted by Gasteiger charge is 2.65. The van der Waals surface area contributed by atoms with Gasteiger partial charge in [-0.3, -0.25) is 5.32 Å². The van der Waals surface area contributed by atoms with Crippen molar-refractivity contribution in [3.05, 3.63) is 53.1 Å². The molecule has 1 atom stereocenters. The SMILES string of the molecule is O=C(Nc1ccccc1C(F)(F)F)NC1(C(F)(F)F)Oc2ccc(Cl)cc2O1. The monoisotopic (exact) mass is 426 g/mol. The minimum absolute atomic E-state index is 0.0453. The van der Waals surface area contributed by atoms with Gasteiger partial charge in [0.05, 0.1) is 11.3 Å². The van der Waals surface area contributed by atoms with E-state index in [-0.39, 0.29) is 10.8 Å². The van der Waals surface area contributed by atoms with E-state index in [9.17, 15) is 31.1 Å². The Morgan fingerprint density at radius 3 is 2.25 bits per heavy atom. The Kier molecular flexibility index (Phi) is 4.74. The number of urea groups is 1. The van der Waals surface area contributed by atoms with Crippen LogP contribution in [0.2, 0.25) is 5.02 Å². The first kappa shape index (κ1) is 19.9. The molecule has 2 aromatic rings. The van der Waals surface area contributed by atoms with Gasteiger partial charge in [0.25, 0.3) is 0 Å². The molecule has 1 unspecified atom stereocenters. The number of nitrogens with one attached hydrogen (secondary N) is 2. The van der Waals surface area contributed by atoms with Gasteiger partial charge < -0.3 is 14.8 Å². The third kappa shape index (κ3) is 3.75. The molecule has 1 heterocycles. The average molecular weight is 427 g/mol. The minimum Gasteiger partial charge on any atom is -0.424 e. The van der Waals surface area contributed by atoms with Crippen molar-refractivity contribution in [3.63, 3.8) is 0 Å². The number of carbonyl (C=O) groups is 1. The summed E-state index contributed by atoms with van der Waals surface area (Å²) >= 11 is 5.68. The summed E-state index contributed by atoms with van der Waals surface area (Å²) in [4.78, 5) is 12.0. The lowest BCUT2D eigenvalue weighted by atomic mass is 10.1. The molecule has 2 aromatic carbocycles. The second kappa shape index (κ2) is 6.66. The molecule has 3 rings (SSSR count). The Balaban J connectivity index is 1.86. The standard InChI is InChI=1S/C16H9ClF6N2O3/c17-8-5-6-11-12(7-8)28-16(27-11,15(21,22)23)25-13(26)24-10-4-2-1-3-9(10)14(18,19)20/h1-7H,(H2,24,25,26). The van der Waals surface area contributed by atoms with Crippen molar-refractivity contribution in [1.29, 1.82) is 0 Å². The number of hydrogen-bond donors (Lipinski definition) is 2. The van der Waals surface area contributed by atoms with Crippen LogP contribution in [0.1, 0.15) is 5.56 Å². The number of para-hydroxylation sites is 1. The molecule has 0 radical (unpaired) electrons. The lowest BCUT2D eigenvalue weighted by molar-refractivity contribution is -0.317. The molecule has 2 amide bonds. The van der Waals surface area contributed by atoms with E-state index in [1.807, 2.05) is 0 Å². The fourth-order valence-corrected chi connectivity index (χ4v) is 2.52. The third-order valence-electron chi connectivity index (χ3n) is 3.55. The first-order chi connectivity index (χ1) is 12.9. The van der Waals surface area contributed by atoms with Crippen LogP contribution in [0.4, 0.5) is 36.8 Å². The van der Waals surface area contributed by atoms with E-state index in [0.717, 1.165) is 24.3 Å². The van der Waals surface area contributed by atoms with Gasteiger partial charge in [-0.1, -0.05) is 23.7 Å². The summed E-state index contributed by atoms with van der Waals surface area (Å²) < 4.78 is 89.0. The van der Waals surface area contributed by atoms with Gasteiger partial charge in [-0.25, -0.2) is 4.79 Å². The van der Waals surface area contributed by atoms with Crippen molar-refractivity contribution < 1.29 is 40.6 Å². The van der Waals surface area contributed by atoms with E-state index in [1.165, 1.54) is 17.4 Å². The lowest BCUT2D eigenvalue weighted by Gasteiger charge is -2.29. The normalized spacial score (nSPS) is 18.7. The fraction of sp³-hybridized carbons (Fsp3) is 0.188. The zero-order chi connectivity index (χ0) is 20.7. The van der Waals surface area contributed by atoms with Gasteiger partial charge in [-0.2, -0.15) is 26.3 Å². The highest BCUT2D eigenvalue weighted by Crippen LogP contribution is 2.46. The number of amides is 2. The van der Waals surface area contributed by atoms with Crippen LogP contribution in [0.3, 0.4) is 0 Å². The van der Waals surface area contributed by atoms with E-state index < -0.39 is 41.3 Å². The van der Waals surface area contributed by atoms with Crippen LogP contribution >= 0.6 is 11.6 Å². The average Bonchev–Trinajstić information content (AvgIpc) is 2.92. The zero-order valence-electron chi connectivity index (χ0n) is 13.4. The molecule has 0 fully saturated rings. The number of anilines is 1. The number of rotatable bonds is 2. The first-order valence-electron chi connectivity index (χ1n) is 7.41. The van der Waals surface area contributed by atoms with E-state index >= 15 is 0 Å². The van der Waals surface area contributed by atoms with Gasteiger partial charge in [-0.15, -0.1) is 0 Å². The molecule has 0 saturated heterocycles. The van der Waals surface area contributed by atoms with Crippen molar-refractivity contribution in [2.24, 2.45) is 0 Å². The van der Waals surface area contributed by atoms with Gasteiger partial charge in [0, 0.05) is 11.1 Å². The second-order valence-corrected chi connectivity index (χ2v) is 5.97. The van der Waals surface area contributed by atoms with Crippen LogP contribution in [0.25, 0.3) is 0 Å². The number of fused-ring (bicyclic) bond motifs is 1. The van der Waals surface area contributed by atoms with Crippen molar-refractivity contribution >= 4 is 23.3 Å². The first-order valence-corrected chi connectivity index (χ1v) is 7.79. The van der Waals surface area contributed by atoms with E-state index in [0.29, 0.717) is 6.07 Å². The van der Waals surface area contributed by atoms with Crippen LogP contribution < -0.4 is 20.1 Å². The maximum Gasteiger partial charge on any atom is 0.492 e. The second-order valence-electron chi connectivity index (χ2n) is 5.53. The van der Waals surface area contributed by atoms with Crippen LogP contribution in [-0.4, -0.2) is 18.1 Å². The molecular formula is C16H9ClF6N2O3. The number of halogens is 7. The summed E-state index contributed by atoms with van der Waals surface area (Å²) in [5, 5.41) is 3.16. The predicted molar refractivity (Wildman–Crippen MR) is 85.1 cm³/mol. The van der Waals surface area contributed by atoms with E-state index in [4.69, 9.17) is 21.1 Å². The maximum absolute atomic E-state index is 13.5. The smallest absolute Gasteiger partial charge is 0.424 e. The molecule has 2 N–H and O–H groups in total. The highest BCUT2D eigenvalue weighted by molar-refractivity contribution is 6.30. The van der Waals surface area contributed by atoms with Crippen LogP contribution in [0, 0.1) is 0 Å². The molecule has 1 aliphatic heterocycles. The Labute approximate surface area is 158 Å². The Morgan fingerprint density at radius 1 is 0.964 bits per heavy atom. The number of ether oxygens (including phenoxy) is 2. The largest absolute Gasteiger partial charge is 0.492 e. The molecule has 12 heteroatoms.